The van der Waals surface area contributed by atoms with Gasteiger partial charge in [-0.05, 0) is 30.0 Å². The molecule has 1 N–H and O–H groups in total. The Hall–Kier alpha value is -0.850. The molecular formula is C11H16BrClN4O. The molecule has 0 saturated carbocycles. The van der Waals surface area contributed by atoms with Gasteiger partial charge in [-0.1, -0.05) is 18.2 Å². The summed E-state index contributed by atoms with van der Waals surface area (Å²) in [5, 5.41) is 7.55. The quantitative estimate of drug-likeness (QED) is 0.860. The molecule has 0 radical (unpaired) electrons. The van der Waals surface area contributed by atoms with Crippen LogP contribution in [0.15, 0.2) is 27.1 Å². The van der Waals surface area contributed by atoms with Gasteiger partial charge in [-0.25, -0.2) is 4.68 Å². The Balaban J connectivity index is 2.84. The van der Waals surface area contributed by atoms with E-state index in [9.17, 15) is 4.79 Å². The molecule has 1 heterocycles. The molecule has 0 unspecified atom stereocenters. The van der Waals surface area contributed by atoms with E-state index in [2.05, 4.69) is 32.9 Å². The first-order valence-corrected chi connectivity index (χ1v) is 6.56. The second kappa shape index (κ2) is 6.92. The Morgan fingerprint density at radius 2 is 2.33 bits per heavy atom. The van der Waals surface area contributed by atoms with E-state index in [0.717, 1.165) is 6.54 Å². The molecule has 0 bridgehead atoms. The van der Waals surface area contributed by atoms with E-state index in [-0.39, 0.29) is 5.56 Å². The highest BCUT2D eigenvalue weighted by Crippen LogP contribution is 2.16. The molecular weight excluding hydrogens is 320 g/mol. The number of nitrogens with zero attached hydrogens (tertiary/aromatic N) is 3. The third-order valence-corrected chi connectivity index (χ3v) is 3.11. The normalized spacial score (nSPS) is 10.7. The number of halogens is 2. The van der Waals surface area contributed by atoms with Crippen molar-refractivity contribution in [2.75, 3.05) is 32.5 Å². The highest BCUT2D eigenvalue weighted by molar-refractivity contribution is 9.10. The Labute approximate surface area is 120 Å². The molecule has 7 heteroatoms. The van der Waals surface area contributed by atoms with Gasteiger partial charge in [0, 0.05) is 11.6 Å². The Morgan fingerprint density at radius 3 is 2.89 bits per heavy atom. The molecule has 1 aromatic rings. The molecule has 0 aliphatic rings. The van der Waals surface area contributed by atoms with Crippen LogP contribution in [0.4, 0.5) is 5.69 Å². The van der Waals surface area contributed by atoms with Gasteiger partial charge in [0.1, 0.15) is 4.47 Å². The number of hydrogen-bond acceptors (Lipinski definition) is 4. The predicted molar refractivity (Wildman–Crippen MR) is 78.2 cm³/mol. The van der Waals surface area contributed by atoms with Gasteiger partial charge in [0.25, 0.3) is 5.56 Å². The van der Waals surface area contributed by atoms with Gasteiger partial charge >= 0.3 is 0 Å². The van der Waals surface area contributed by atoms with E-state index in [1.54, 1.807) is 6.20 Å². The van der Waals surface area contributed by atoms with Crippen molar-refractivity contribution in [2.24, 2.45) is 0 Å². The summed E-state index contributed by atoms with van der Waals surface area (Å²) < 4.78 is 1.87. The van der Waals surface area contributed by atoms with Crippen LogP contribution in [-0.4, -0.2) is 41.9 Å². The second-order valence-corrected chi connectivity index (χ2v) is 5.40. The summed E-state index contributed by atoms with van der Waals surface area (Å²) in [6.07, 6.45) is 1.60. The lowest BCUT2D eigenvalue weighted by atomic mass is 10.4. The number of hydrogen-bond donors (Lipinski definition) is 1. The van der Waals surface area contributed by atoms with E-state index in [1.165, 1.54) is 4.68 Å². The topological polar surface area (TPSA) is 50.2 Å². The maximum absolute atomic E-state index is 12.0. The van der Waals surface area contributed by atoms with Crippen molar-refractivity contribution >= 4 is 33.2 Å². The van der Waals surface area contributed by atoms with E-state index >= 15 is 0 Å². The summed E-state index contributed by atoms with van der Waals surface area (Å²) in [6, 6.07) is 0. The lowest BCUT2D eigenvalue weighted by molar-refractivity contribution is 0.367. The van der Waals surface area contributed by atoms with E-state index in [1.807, 2.05) is 19.0 Å². The van der Waals surface area contributed by atoms with Gasteiger partial charge in [-0.15, -0.1) is 0 Å². The lowest BCUT2D eigenvalue weighted by Crippen LogP contribution is -2.29. The van der Waals surface area contributed by atoms with E-state index < -0.39 is 0 Å². The van der Waals surface area contributed by atoms with Crippen LogP contribution in [0.25, 0.3) is 0 Å². The first-order chi connectivity index (χ1) is 8.41. The first kappa shape index (κ1) is 15.2. The average molecular weight is 336 g/mol. The molecule has 0 aromatic carbocycles. The molecule has 100 valence electrons. The van der Waals surface area contributed by atoms with E-state index in [0.29, 0.717) is 28.3 Å². The number of aromatic nitrogens is 2. The number of rotatable bonds is 6. The maximum atomic E-state index is 12.0. The summed E-state index contributed by atoms with van der Waals surface area (Å²) in [7, 11) is 3.89. The van der Waals surface area contributed by atoms with Crippen LogP contribution in [0.3, 0.4) is 0 Å². The Kier molecular flexibility index (Phi) is 5.84. The highest BCUT2D eigenvalue weighted by Gasteiger charge is 2.08. The summed E-state index contributed by atoms with van der Waals surface area (Å²) in [6.45, 7) is 5.26. The van der Waals surface area contributed by atoms with Crippen molar-refractivity contribution in [1.82, 2.24) is 14.7 Å². The smallest absolute Gasteiger partial charge is 0.283 e. The SMILES string of the molecule is C=C(Cl)CNc1cnn(CCN(C)C)c(=O)c1Br. The van der Waals surface area contributed by atoms with Crippen LogP contribution in [0.2, 0.25) is 0 Å². The van der Waals surface area contributed by atoms with Crippen LogP contribution in [0.1, 0.15) is 0 Å². The minimum atomic E-state index is -0.165. The summed E-state index contributed by atoms with van der Waals surface area (Å²) in [5.41, 5.74) is 0.449. The molecule has 0 amide bonds. The zero-order valence-corrected chi connectivity index (χ0v) is 12.8. The zero-order chi connectivity index (χ0) is 13.7. The standard InChI is InChI=1S/C11H16BrClN4O/c1-8(13)6-14-9-7-15-17(5-4-16(2)3)11(18)10(9)12/h7,14H,1,4-6H2,2-3H3. The van der Waals surface area contributed by atoms with Crippen molar-refractivity contribution < 1.29 is 0 Å². The van der Waals surface area contributed by atoms with Gasteiger partial charge < -0.3 is 10.2 Å². The minimum absolute atomic E-state index is 0.165. The molecule has 0 saturated heterocycles. The lowest BCUT2D eigenvalue weighted by Gasteiger charge is -2.12. The molecule has 5 nitrogen and oxygen atoms in total. The molecule has 0 fully saturated rings. The fourth-order valence-corrected chi connectivity index (χ4v) is 1.75. The van der Waals surface area contributed by atoms with Gasteiger partial charge in [-0.3, -0.25) is 4.79 Å². The molecule has 18 heavy (non-hydrogen) atoms. The van der Waals surface area contributed by atoms with Crippen LogP contribution >= 0.6 is 27.5 Å². The largest absolute Gasteiger partial charge is 0.378 e. The number of likely N-dealkylation sites (N-methyl/N-ethyl adjacent to an activating group) is 1. The number of anilines is 1. The Morgan fingerprint density at radius 1 is 1.67 bits per heavy atom. The van der Waals surface area contributed by atoms with Crippen LogP contribution in [0, 0.1) is 0 Å². The van der Waals surface area contributed by atoms with Crippen molar-refractivity contribution in [3.05, 3.63) is 32.6 Å². The van der Waals surface area contributed by atoms with Crippen molar-refractivity contribution in [3.63, 3.8) is 0 Å². The second-order valence-electron chi connectivity index (χ2n) is 4.07. The van der Waals surface area contributed by atoms with Gasteiger partial charge in [0.2, 0.25) is 0 Å². The summed E-state index contributed by atoms with van der Waals surface area (Å²) in [5.74, 6) is 0. The summed E-state index contributed by atoms with van der Waals surface area (Å²) >= 11 is 8.92. The van der Waals surface area contributed by atoms with Crippen LogP contribution in [-0.2, 0) is 6.54 Å². The maximum Gasteiger partial charge on any atom is 0.283 e. The van der Waals surface area contributed by atoms with Gasteiger partial charge in [0.15, 0.2) is 0 Å². The van der Waals surface area contributed by atoms with Crippen molar-refractivity contribution in [3.8, 4) is 0 Å². The minimum Gasteiger partial charge on any atom is -0.378 e. The monoisotopic (exact) mass is 334 g/mol. The zero-order valence-electron chi connectivity index (χ0n) is 10.4. The van der Waals surface area contributed by atoms with Crippen LogP contribution in [0.5, 0.6) is 0 Å². The van der Waals surface area contributed by atoms with Gasteiger partial charge in [-0.2, -0.15) is 5.10 Å². The molecule has 0 aliphatic heterocycles. The van der Waals surface area contributed by atoms with Crippen LogP contribution < -0.4 is 10.9 Å². The summed E-state index contributed by atoms with van der Waals surface area (Å²) in [4.78, 5) is 14.0. The molecule has 0 atom stereocenters. The fourth-order valence-electron chi connectivity index (χ4n) is 1.23. The van der Waals surface area contributed by atoms with Crippen molar-refractivity contribution in [1.29, 1.82) is 0 Å². The van der Waals surface area contributed by atoms with E-state index in [4.69, 9.17) is 11.6 Å². The number of nitrogens with one attached hydrogen (secondary N) is 1. The Bertz CT molecular complexity index is 486. The average Bonchev–Trinajstić information content (AvgIpc) is 2.29. The fraction of sp³-hybridized carbons (Fsp3) is 0.455. The third kappa shape index (κ3) is 4.44. The molecule has 0 aliphatic carbocycles. The first-order valence-electron chi connectivity index (χ1n) is 5.39. The molecule has 1 rings (SSSR count). The predicted octanol–water partition coefficient (Wildman–Crippen LogP) is 1.73. The van der Waals surface area contributed by atoms with Gasteiger partial charge in [0.05, 0.1) is 25.0 Å². The third-order valence-electron chi connectivity index (χ3n) is 2.21. The highest BCUT2D eigenvalue weighted by atomic mass is 79.9. The molecule has 0 spiro atoms. The molecule has 1 aromatic heterocycles. The van der Waals surface area contributed by atoms with Crippen molar-refractivity contribution in [2.45, 2.75) is 6.54 Å².